The van der Waals surface area contributed by atoms with E-state index in [1.54, 1.807) is 0 Å². The van der Waals surface area contributed by atoms with Crippen molar-refractivity contribution in [3.63, 3.8) is 0 Å². The van der Waals surface area contributed by atoms with Crippen LogP contribution in [0.5, 0.6) is 0 Å². The van der Waals surface area contributed by atoms with Crippen molar-refractivity contribution in [2.75, 3.05) is 25.0 Å². The minimum atomic E-state index is 0.966. The molecule has 1 heterocycles. The Kier molecular flexibility index (Phi) is 4.21. The number of nitrogens with zero attached hydrogens (tertiary/aromatic N) is 1. The molecule has 0 unspecified atom stereocenters. The predicted molar refractivity (Wildman–Crippen MR) is 74.4 cm³/mol. The van der Waals surface area contributed by atoms with Crippen LogP contribution >= 0.6 is 0 Å². The van der Waals surface area contributed by atoms with Crippen molar-refractivity contribution < 1.29 is 0 Å². The molecule has 0 bridgehead atoms. The summed E-state index contributed by atoms with van der Waals surface area (Å²) in [4.78, 5) is 2.41. The highest BCUT2D eigenvalue weighted by molar-refractivity contribution is 5.56. The molecule has 1 aliphatic heterocycles. The topological polar surface area (TPSA) is 15.3 Å². The van der Waals surface area contributed by atoms with Gasteiger partial charge in [-0.05, 0) is 36.6 Å². The zero-order valence-corrected chi connectivity index (χ0v) is 10.7. The number of fused-ring (bicyclic) bond motifs is 1. The summed E-state index contributed by atoms with van der Waals surface area (Å²) in [6, 6.07) is 6.62. The Morgan fingerprint density at radius 3 is 3.12 bits per heavy atom. The number of anilines is 1. The average Bonchev–Trinajstić information content (AvgIpc) is 2.38. The van der Waals surface area contributed by atoms with Crippen molar-refractivity contribution in [2.45, 2.75) is 26.3 Å². The third-order valence-electron chi connectivity index (χ3n) is 3.42. The normalized spacial score (nSPS) is 14.2. The van der Waals surface area contributed by atoms with Gasteiger partial charge in [0.05, 0.1) is 0 Å². The van der Waals surface area contributed by atoms with Gasteiger partial charge < -0.3 is 5.32 Å². The van der Waals surface area contributed by atoms with Gasteiger partial charge in [0, 0.05) is 25.3 Å². The van der Waals surface area contributed by atoms with Gasteiger partial charge in [0.2, 0.25) is 0 Å². The molecular weight excluding hydrogens is 208 g/mol. The molecule has 0 aliphatic carbocycles. The minimum Gasteiger partial charge on any atom is -0.385 e. The van der Waals surface area contributed by atoms with E-state index in [-0.39, 0.29) is 0 Å². The van der Waals surface area contributed by atoms with Crippen LogP contribution in [0, 0.1) is 0 Å². The molecule has 1 aromatic rings. The Balaban J connectivity index is 2.17. The summed E-state index contributed by atoms with van der Waals surface area (Å²) in [7, 11) is 0. The number of nitrogens with one attached hydrogen (secondary N) is 1. The van der Waals surface area contributed by atoms with Gasteiger partial charge in [-0.3, -0.25) is 4.90 Å². The van der Waals surface area contributed by atoms with Gasteiger partial charge in [0.15, 0.2) is 0 Å². The standard InChI is InChI=1S/C15H22N2/c1-3-11-17(4-2)12-13-7-5-9-15-14(13)8-6-10-16-15/h3,5,7,9,16H,1,4,6,8,10-12H2,2H3. The summed E-state index contributed by atoms with van der Waals surface area (Å²) in [6.45, 7) is 10.2. The molecule has 2 rings (SSSR count). The van der Waals surface area contributed by atoms with Crippen molar-refractivity contribution >= 4 is 5.69 Å². The van der Waals surface area contributed by atoms with Crippen molar-refractivity contribution in [3.05, 3.63) is 42.0 Å². The van der Waals surface area contributed by atoms with Crippen molar-refractivity contribution in [3.8, 4) is 0 Å². The second-order valence-corrected chi connectivity index (χ2v) is 4.59. The second kappa shape index (κ2) is 5.87. The smallest absolute Gasteiger partial charge is 0.0375 e. The zero-order valence-electron chi connectivity index (χ0n) is 10.7. The molecule has 0 saturated heterocycles. The fraction of sp³-hybridized carbons (Fsp3) is 0.467. The Labute approximate surface area is 104 Å². The van der Waals surface area contributed by atoms with E-state index in [0.717, 1.165) is 26.2 Å². The summed E-state index contributed by atoms with van der Waals surface area (Å²) in [5.74, 6) is 0. The lowest BCUT2D eigenvalue weighted by Crippen LogP contribution is -2.24. The van der Waals surface area contributed by atoms with E-state index in [9.17, 15) is 0 Å². The fourth-order valence-electron chi connectivity index (χ4n) is 2.46. The molecule has 0 amide bonds. The van der Waals surface area contributed by atoms with Crippen LogP contribution in [0.2, 0.25) is 0 Å². The van der Waals surface area contributed by atoms with E-state index >= 15 is 0 Å². The van der Waals surface area contributed by atoms with Crippen molar-refractivity contribution in [1.29, 1.82) is 0 Å². The molecule has 1 aliphatic rings. The van der Waals surface area contributed by atoms with Gasteiger partial charge in [-0.1, -0.05) is 25.1 Å². The number of likely N-dealkylation sites (N-methyl/N-ethyl adjacent to an activating group) is 1. The van der Waals surface area contributed by atoms with Gasteiger partial charge in [-0.2, -0.15) is 0 Å². The molecule has 2 heteroatoms. The highest BCUT2D eigenvalue weighted by atomic mass is 15.1. The summed E-state index contributed by atoms with van der Waals surface area (Å²) in [5, 5.41) is 3.49. The second-order valence-electron chi connectivity index (χ2n) is 4.59. The molecule has 1 N–H and O–H groups in total. The monoisotopic (exact) mass is 230 g/mol. The summed E-state index contributed by atoms with van der Waals surface area (Å²) < 4.78 is 0. The first kappa shape index (κ1) is 12.2. The molecule has 0 fully saturated rings. The molecule has 2 nitrogen and oxygen atoms in total. The summed E-state index contributed by atoms with van der Waals surface area (Å²) >= 11 is 0. The van der Waals surface area contributed by atoms with E-state index in [4.69, 9.17) is 0 Å². The Morgan fingerprint density at radius 1 is 1.47 bits per heavy atom. The predicted octanol–water partition coefficient (Wildman–Crippen LogP) is 3.05. The van der Waals surface area contributed by atoms with Crippen LogP contribution in [0.3, 0.4) is 0 Å². The first-order valence-corrected chi connectivity index (χ1v) is 6.53. The van der Waals surface area contributed by atoms with Gasteiger partial charge in [0.1, 0.15) is 0 Å². The van der Waals surface area contributed by atoms with E-state index in [2.05, 4.69) is 41.9 Å². The van der Waals surface area contributed by atoms with Gasteiger partial charge in [-0.25, -0.2) is 0 Å². The lowest BCUT2D eigenvalue weighted by Gasteiger charge is -2.24. The lowest BCUT2D eigenvalue weighted by atomic mass is 9.97. The maximum Gasteiger partial charge on any atom is 0.0375 e. The van der Waals surface area contributed by atoms with Crippen LogP contribution < -0.4 is 5.32 Å². The summed E-state index contributed by atoms with van der Waals surface area (Å²) in [5.41, 5.74) is 4.32. The molecule has 17 heavy (non-hydrogen) atoms. The van der Waals surface area contributed by atoms with E-state index in [1.165, 1.54) is 29.7 Å². The summed E-state index contributed by atoms with van der Waals surface area (Å²) in [6.07, 6.45) is 4.44. The largest absolute Gasteiger partial charge is 0.385 e. The minimum absolute atomic E-state index is 0.966. The van der Waals surface area contributed by atoms with Gasteiger partial charge >= 0.3 is 0 Å². The number of hydrogen-bond donors (Lipinski definition) is 1. The number of benzene rings is 1. The zero-order chi connectivity index (χ0) is 12.1. The Bertz CT molecular complexity index is 385. The number of hydrogen-bond acceptors (Lipinski definition) is 2. The van der Waals surface area contributed by atoms with Crippen LogP contribution in [0.15, 0.2) is 30.9 Å². The fourth-order valence-corrected chi connectivity index (χ4v) is 2.46. The van der Waals surface area contributed by atoms with Crippen molar-refractivity contribution in [1.82, 2.24) is 4.90 Å². The van der Waals surface area contributed by atoms with Crippen molar-refractivity contribution in [2.24, 2.45) is 0 Å². The van der Waals surface area contributed by atoms with E-state index in [1.807, 2.05) is 6.08 Å². The SMILES string of the molecule is C=CCN(CC)Cc1cccc2c1CCCN2. The Morgan fingerprint density at radius 2 is 2.35 bits per heavy atom. The van der Waals surface area contributed by atoms with Crippen LogP contribution in [-0.4, -0.2) is 24.5 Å². The third-order valence-corrected chi connectivity index (χ3v) is 3.42. The lowest BCUT2D eigenvalue weighted by molar-refractivity contribution is 0.310. The van der Waals surface area contributed by atoms with Crippen LogP contribution in [0.25, 0.3) is 0 Å². The third kappa shape index (κ3) is 2.89. The van der Waals surface area contributed by atoms with Crippen LogP contribution in [-0.2, 0) is 13.0 Å². The van der Waals surface area contributed by atoms with Gasteiger partial charge in [0.25, 0.3) is 0 Å². The van der Waals surface area contributed by atoms with Gasteiger partial charge in [-0.15, -0.1) is 6.58 Å². The molecular formula is C15H22N2. The molecule has 0 radical (unpaired) electrons. The molecule has 0 spiro atoms. The number of rotatable bonds is 5. The van der Waals surface area contributed by atoms with E-state index in [0.29, 0.717) is 0 Å². The van der Waals surface area contributed by atoms with Crippen LogP contribution in [0.1, 0.15) is 24.5 Å². The quantitative estimate of drug-likeness (QED) is 0.782. The average molecular weight is 230 g/mol. The molecule has 1 aromatic carbocycles. The highest BCUT2D eigenvalue weighted by Gasteiger charge is 2.13. The highest BCUT2D eigenvalue weighted by Crippen LogP contribution is 2.26. The molecule has 92 valence electrons. The molecule has 0 saturated carbocycles. The molecule has 0 aromatic heterocycles. The maximum atomic E-state index is 3.82. The first-order chi connectivity index (χ1) is 8.35. The maximum absolute atomic E-state index is 3.82. The van der Waals surface area contributed by atoms with E-state index < -0.39 is 0 Å². The Hall–Kier alpha value is -1.28. The molecule has 0 atom stereocenters. The van der Waals surface area contributed by atoms with Crippen LogP contribution in [0.4, 0.5) is 5.69 Å². The first-order valence-electron chi connectivity index (χ1n) is 6.53.